The third kappa shape index (κ3) is 5.80. The number of carbonyl (C=O) groups excluding carboxylic acids is 1. The predicted molar refractivity (Wildman–Crippen MR) is 145 cm³/mol. The predicted octanol–water partition coefficient (Wildman–Crippen LogP) is 7.63. The van der Waals surface area contributed by atoms with Crippen molar-refractivity contribution in [2.75, 3.05) is 5.32 Å². The zero-order valence-corrected chi connectivity index (χ0v) is 22.6. The Morgan fingerprint density at radius 2 is 1.76 bits per heavy atom. The highest BCUT2D eigenvalue weighted by atomic mass is 32.1. The monoisotopic (exact) mass is 481 g/mol. The number of fused-ring (bicyclic) bond motifs is 1. The molecule has 0 aliphatic carbocycles. The number of nitrogens with one attached hydrogen (secondary N) is 1. The second-order valence-electron chi connectivity index (χ2n) is 9.99. The molecule has 1 N–H and O–H groups in total. The van der Waals surface area contributed by atoms with Crippen molar-refractivity contribution in [3.05, 3.63) is 51.6 Å². The minimum atomic E-state index is -0.393. The van der Waals surface area contributed by atoms with Crippen LogP contribution >= 0.6 is 12.2 Å². The summed E-state index contributed by atoms with van der Waals surface area (Å²) in [5, 5.41) is 3.46. The van der Waals surface area contributed by atoms with Crippen LogP contribution in [0.2, 0.25) is 0 Å². The van der Waals surface area contributed by atoms with Gasteiger partial charge in [-0.05, 0) is 88.6 Å². The van der Waals surface area contributed by atoms with Gasteiger partial charge in [0.1, 0.15) is 17.1 Å². The third-order valence-corrected chi connectivity index (χ3v) is 7.29. The molecular weight excluding hydrogens is 442 g/mol. The van der Waals surface area contributed by atoms with Gasteiger partial charge >= 0.3 is 5.97 Å². The fourth-order valence-corrected chi connectivity index (χ4v) is 5.19. The molecule has 1 heterocycles. The molecule has 2 aromatic rings. The maximum absolute atomic E-state index is 12.4. The average molecular weight is 482 g/mol. The Labute approximate surface area is 210 Å². The highest BCUT2D eigenvalue weighted by molar-refractivity contribution is 7.80. The van der Waals surface area contributed by atoms with Gasteiger partial charge in [-0.2, -0.15) is 0 Å². The van der Waals surface area contributed by atoms with E-state index in [1.54, 1.807) is 0 Å². The van der Waals surface area contributed by atoms with Gasteiger partial charge in [-0.15, -0.1) is 0 Å². The van der Waals surface area contributed by atoms with E-state index in [0.717, 1.165) is 70.8 Å². The zero-order chi connectivity index (χ0) is 25.0. The maximum Gasteiger partial charge on any atom is 0.311 e. The van der Waals surface area contributed by atoms with E-state index in [-0.39, 0.29) is 5.97 Å². The van der Waals surface area contributed by atoms with Crippen LogP contribution in [0.5, 0.6) is 11.5 Å². The number of para-hydroxylation sites is 1. The van der Waals surface area contributed by atoms with Crippen LogP contribution < -0.4 is 14.8 Å². The van der Waals surface area contributed by atoms with E-state index in [1.165, 1.54) is 11.1 Å². The van der Waals surface area contributed by atoms with E-state index in [4.69, 9.17) is 21.7 Å². The Kier molecular flexibility index (Phi) is 8.40. The van der Waals surface area contributed by atoms with Gasteiger partial charge in [0.25, 0.3) is 0 Å². The number of thiocarbonyl (C=S) groups is 1. The molecule has 0 radical (unpaired) electrons. The average Bonchev–Trinajstić information content (AvgIpc) is 2.77. The lowest BCUT2D eigenvalue weighted by Gasteiger charge is -2.38. The molecule has 0 saturated carbocycles. The van der Waals surface area contributed by atoms with Crippen LogP contribution in [0.25, 0.3) is 0 Å². The topological polar surface area (TPSA) is 47.6 Å². The van der Waals surface area contributed by atoms with E-state index in [1.807, 2.05) is 13.8 Å². The summed E-state index contributed by atoms with van der Waals surface area (Å²) >= 11 is 5.75. The van der Waals surface area contributed by atoms with Gasteiger partial charge in [0.2, 0.25) is 0 Å². The number of esters is 1. The van der Waals surface area contributed by atoms with Gasteiger partial charge in [0.05, 0.1) is 4.99 Å². The molecule has 0 fully saturated rings. The number of carbonyl (C=O) groups is 1. The van der Waals surface area contributed by atoms with Gasteiger partial charge in [-0.1, -0.05) is 50.2 Å². The fourth-order valence-electron chi connectivity index (χ4n) is 4.78. The zero-order valence-electron chi connectivity index (χ0n) is 21.8. The minimum absolute atomic E-state index is 0.150. The Bertz CT molecular complexity index is 1070. The summed E-state index contributed by atoms with van der Waals surface area (Å²) in [6.07, 6.45) is 5.82. The number of ether oxygens (including phenoxy) is 2. The van der Waals surface area contributed by atoms with Crippen molar-refractivity contribution >= 4 is 28.9 Å². The lowest BCUT2D eigenvalue weighted by atomic mass is 9.85. The fraction of sp³-hybridized carbons (Fsp3) is 0.517. The molecule has 3 rings (SSSR count). The van der Waals surface area contributed by atoms with Crippen LogP contribution in [-0.2, 0) is 11.2 Å². The van der Waals surface area contributed by atoms with Crippen LogP contribution in [0.15, 0.2) is 18.2 Å². The summed E-state index contributed by atoms with van der Waals surface area (Å²) in [6, 6.07) is 6.25. The second kappa shape index (κ2) is 10.9. The van der Waals surface area contributed by atoms with Crippen LogP contribution in [0.3, 0.4) is 0 Å². The molecule has 1 aliphatic heterocycles. The standard InChI is InChI=1S/C29H39NO3S/c1-8-9-10-14-25(31)32-27-20(4)21(5)28-23(22(27)6)15-16-29(7,33-28)17-24(34)30-26-18(2)12-11-13-19(26)3/h11-13H,8-10,14-17H2,1-7H3,(H,30,34). The number of hydrogen-bond acceptors (Lipinski definition) is 4. The van der Waals surface area contributed by atoms with E-state index < -0.39 is 5.60 Å². The van der Waals surface area contributed by atoms with Crippen LogP contribution in [-0.4, -0.2) is 16.6 Å². The van der Waals surface area contributed by atoms with Crippen molar-refractivity contribution in [2.45, 2.75) is 99.0 Å². The summed E-state index contributed by atoms with van der Waals surface area (Å²) in [6.45, 7) is 14.6. The van der Waals surface area contributed by atoms with E-state index >= 15 is 0 Å². The molecule has 0 bridgehead atoms. The molecule has 5 heteroatoms. The first-order chi connectivity index (χ1) is 16.1. The third-order valence-electron chi connectivity index (χ3n) is 7.04. The van der Waals surface area contributed by atoms with E-state index in [2.05, 4.69) is 58.1 Å². The second-order valence-corrected chi connectivity index (χ2v) is 10.5. The number of rotatable bonds is 8. The molecule has 2 aromatic carbocycles. The Balaban J connectivity index is 1.77. The molecule has 1 unspecified atom stereocenters. The minimum Gasteiger partial charge on any atom is -0.487 e. The lowest BCUT2D eigenvalue weighted by molar-refractivity contribution is -0.134. The first-order valence-corrected chi connectivity index (χ1v) is 12.9. The number of benzene rings is 2. The maximum atomic E-state index is 12.4. The first kappa shape index (κ1) is 26.2. The van der Waals surface area contributed by atoms with Gasteiger partial charge < -0.3 is 14.8 Å². The Hall–Kier alpha value is -2.40. The van der Waals surface area contributed by atoms with E-state index in [0.29, 0.717) is 18.6 Å². The van der Waals surface area contributed by atoms with Gasteiger partial charge in [-0.25, -0.2) is 0 Å². The summed E-state index contributed by atoms with van der Waals surface area (Å²) in [4.78, 5) is 13.2. The van der Waals surface area contributed by atoms with Crippen molar-refractivity contribution in [1.29, 1.82) is 0 Å². The highest BCUT2D eigenvalue weighted by Crippen LogP contribution is 2.44. The summed E-state index contributed by atoms with van der Waals surface area (Å²) < 4.78 is 12.5. The summed E-state index contributed by atoms with van der Waals surface area (Å²) in [7, 11) is 0. The lowest BCUT2D eigenvalue weighted by Crippen LogP contribution is -2.40. The molecule has 0 amide bonds. The number of unbranched alkanes of at least 4 members (excludes halogenated alkanes) is 2. The molecule has 1 aliphatic rings. The molecule has 4 nitrogen and oxygen atoms in total. The molecular formula is C29H39NO3S. The number of aryl methyl sites for hydroxylation is 2. The highest BCUT2D eigenvalue weighted by Gasteiger charge is 2.36. The number of anilines is 1. The SMILES string of the molecule is CCCCCC(=O)Oc1c(C)c(C)c2c(c1C)CCC(C)(CC(=S)Nc1c(C)cccc1C)O2. The Morgan fingerprint density at radius 1 is 1.09 bits per heavy atom. The van der Waals surface area contributed by atoms with Crippen molar-refractivity contribution < 1.29 is 14.3 Å². The van der Waals surface area contributed by atoms with Crippen molar-refractivity contribution in [2.24, 2.45) is 0 Å². The van der Waals surface area contributed by atoms with E-state index in [9.17, 15) is 4.79 Å². The normalized spacial score (nSPS) is 17.0. The van der Waals surface area contributed by atoms with Crippen LogP contribution in [0, 0.1) is 34.6 Å². The molecule has 184 valence electrons. The molecule has 0 spiro atoms. The van der Waals surface area contributed by atoms with Gasteiger partial charge in [0, 0.05) is 24.1 Å². The number of hydrogen-bond donors (Lipinski definition) is 1. The van der Waals surface area contributed by atoms with Crippen molar-refractivity contribution in [3.8, 4) is 11.5 Å². The molecule has 34 heavy (non-hydrogen) atoms. The molecule has 0 saturated heterocycles. The van der Waals surface area contributed by atoms with Gasteiger partial charge in [0.15, 0.2) is 0 Å². The quantitative estimate of drug-likeness (QED) is 0.182. The van der Waals surface area contributed by atoms with Gasteiger partial charge in [-0.3, -0.25) is 4.79 Å². The molecule has 0 aromatic heterocycles. The molecule has 1 atom stereocenters. The van der Waals surface area contributed by atoms with Crippen molar-refractivity contribution in [3.63, 3.8) is 0 Å². The van der Waals surface area contributed by atoms with Crippen molar-refractivity contribution in [1.82, 2.24) is 0 Å². The Morgan fingerprint density at radius 3 is 2.41 bits per heavy atom. The summed E-state index contributed by atoms with van der Waals surface area (Å²) in [5.74, 6) is 1.48. The first-order valence-electron chi connectivity index (χ1n) is 12.4. The summed E-state index contributed by atoms with van der Waals surface area (Å²) in [5.41, 5.74) is 7.22. The van der Waals surface area contributed by atoms with Crippen LogP contribution in [0.4, 0.5) is 5.69 Å². The van der Waals surface area contributed by atoms with Crippen LogP contribution in [0.1, 0.15) is 85.8 Å². The largest absolute Gasteiger partial charge is 0.487 e. The smallest absolute Gasteiger partial charge is 0.311 e.